The zero-order valence-electron chi connectivity index (χ0n) is 27.3. The van der Waals surface area contributed by atoms with Crippen LogP contribution >= 0.6 is 34.8 Å². The van der Waals surface area contributed by atoms with Crippen LogP contribution in [0.5, 0.6) is 5.75 Å². The van der Waals surface area contributed by atoms with Crippen molar-refractivity contribution in [2.45, 2.75) is 126 Å². The molecule has 3 aliphatic carbocycles. The molecule has 3 fully saturated rings. The molecule has 5 rings (SSSR count). The number of allylic oxidation sites excluding steroid dienone is 1. The number of carbonyl (C=O) groups is 1. The van der Waals surface area contributed by atoms with Gasteiger partial charge in [0.25, 0.3) is 0 Å². The van der Waals surface area contributed by atoms with Crippen molar-refractivity contribution in [2.75, 3.05) is 19.7 Å². The molecular formula is C36H54Cl3N3O2Sn. The molecule has 0 bridgehead atoms. The molecule has 5 nitrogen and oxygen atoms in total. The fourth-order valence-corrected chi connectivity index (χ4v) is 32.3. The monoisotopic (exact) mass is 785 g/mol. The van der Waals surface area contributed by atoms with Gasteiger partial charge in [0.15, 0.2) is 5.75 Å². The van der Waals surface area contributed by atoms with Crippen LogP contribution in [0.3, 0.4) is 0 Å². The van der Waals surface area contributed by atoms with Crippen LogP contribution in [-0.4, -0.2) is 58.6 Å². The number of hydrogen-bond acceptors (Lipinski definition) is 3. The Balaban J connectivity index is 0.000000205. The molecule has 1 amide bonds. The van der Waals surface area contributed by atoms with Crippen LogP contribution in [0.25, 0.3) is 0 Å². The summed E-state index contributed by atoms with van der Waals surface area (Å²) in [6, 6.07) is 2.97. The van der Waals surface area contributed by atoms with Gasteiger partial charge < -0.3 is 9.64 Å². The van der Waals surface area contributed by atoms with E-state index in [1.54, 1.807) is 106 Å². The number of amides is 1. The SMILES string of the molecule is C=C[CH2][Sn]([CH]1CCCCC1)([CH]1CCCCC1)[CH]1CCCCC1.CCCN(CCOc1c(Cl)cc(Cl)cc1Cl)C(=O)n1ccnc1. The van der Waals surface area contributed by atoms with Gasteiger partial charge in [-0.1, -0.05) is 41.7 Å². The first-order valence-corrected chi connectivity index (χ1v) is 25.7. The summed E-state index contributed by atoms with van der Waals surface area (Å²) < 4.78 is 12.3. The number of nitrogens with zero attached hydrogens (tertiary/aromatic N) is 3. The molecule has 2 aromatic rings. The van der Waals surface area contributed by atoms with E-state index >= 15 is 0 Å². The van der Waals surface area contributed by atoms with Gasteiger partial charge in [-0.25, -0.2) is 9.78 Å². The van der Waals surface area contributed by atoms with Gasteiger partial charge in [-0.3, -0.25) is 4.57 Å². The van der Waals surface area contributed by atoms with Crippen molar-refractivity contribution in [3.8, 4) is 5.75 Å². The van der Waals surface area contributed by atoms with Crippen molar-refractivity contribution >= 4 is 59.2 Å². The first-order chi connectivity index (χ1) is 21.9. The second kappa shape index (κ2) is 19.2. The van der Waals surface area contributed by atoms with E-state index in [9.17, 15) is 4.79 Å². The average molecular weight is 786 g/mol. The summed E-state index contributed by atoms with van der Waals surface area (Å²) in [5.41, 5.74) is 0. The summed E-state index contributed by atoms with van der Waals surface area (Å²) in [7, 11) is 0. The van der Waals surface area contributed by atoms with Crippen molar-refractivity contribution in [1.29, 1.82) is 0 Å². The number of benzene rings is 1. The van der Waals surface area contributed by atoms with Crippen molar-refractivity contribution in [1.82, 2.24) is 14.5 Å². The molecule has 1 aromatic carbocycles. The molecule has 0 unspecified atom stereocenters. The third-order valence-electron chi connectivity index (χ3n) is 10.7. The minimum Gasteiger partial charge on any atom is -0.489 e. The van der Waals surface area contributed by atoms with Crippen molar-refractivity contribution in [3.63, 3.8) is 0 Å². The van der Waals surface area contributed by atoms with Gasteiger partial charge in [-0.05, 0) is 18.6 Å². The number of rotatable bonds is 11. The van der Waals surface area contributed by atoms with E-state index in [0.717, 1.165) is 6.42 Å². The summed E-state index contributed by atoms with van der Waals surface area (Å²) in [6.45, 7) is 7.57. The Hall–Kier alpha value is -0.891. The number of carbonyl (C=O) groups excluding carboxylic acids is 1. The largest absolute Gasteiger partial charge is 0.489 e. The molecule has 45 heavy (non-hydrogen) atoms. The Bertz CT molecular complexity index is 1110. The summed E-state index contributed by atoms with van der Waals surface area (Å²) in [5.74, 6) is 0.365. The summed E-state index contributed by atoms with van der Waals surface area (Å²) in [4.78, 5) is 17.9. The minimum atomic E-state index is -2.16. The van der Waals surface area contributed by atoms with Crippen molar-refractivity contribution < 1.29 is 9.53 Å². The molecule has 9 heteroatoms. The zero-order valence-corrected chi connectivity index (χ0v) is 32.5. The van der Waals surface area contributed by atoms with Gasteiger partial charge in [-0.15, -0.1) is 0 Å². The average Bonchev–Trinajstić information content (AvgIpc) is 3.61. The first-order valence-electron chi connectivity index (χ1n) is 17.6. The molecule has 3 saturated carbocycles. The van der Waals surface area contributed by atoms with Crippen LogP contribution in [0.2, 0.25) is 31.3 Å². The predicted molar refractivity (Wildman–Crippen MR) is 193 cm³/mol. The number of aromatic nitrogens is 2. The van der Waals surface area contributed by atoms with E-state index in [1.165, 1.54) is 46.4 Å². The molecule has 0 saturated heterocycles. The molecule has 1 aromatic heterocycles. The van der Waals surface area contributed by atoms with Gasteiger partial charge in [-0.2, -0.15) is 0 Å². The summed E-state index contributed by atoms with van der Waals surface area (Å²) in [6.07, 6.45) is 31.5. The number of ether oxygens (including phenoxy) is 1. The van der Waals surface area contributed by atoms with Crippen molar-refractivity contribution in [3.05, 3.63) is 58.6 Å². The van der Waals surface area contributed by atoms with Gasteiger partial charge in [0.2, 0.25) is 0 Å². The standard InChI is InChI=1S/C15H16Cl3N3O2.3C6H11.C3H5.Sn/c1-2-4-20(15(22)21-5-3-19-10-21)6-7-23-14-12(17)8-11(16)9-13(14)18;3*1-2-4-6-5-3-1;1-3-2;/h3,5,8-10H,2,4,6-7H2,1H3;3*1H,2-6H2;3H,1-2H2;. The predicted octanol–water partition coefficient (Wildman–Crippen LogP) is 12.2. The summed E-state index contributed by atoms with van der Waals surface area (Å²) >= 11 is 15.8. The molecule has 0 N–H and O–H groups in total. The molecule has 0 aliphatic heterocycles. The van der Waals surface area contributed by atoms with Gasteiger partial charge >= 0.3 is 150 Å². The van der Waals surface area contributed by atoms with Crippen LogP contribution < -0.4 is 4.74 Å². The molecule has 3 aliphatic rings. The third kappa shape index (κ3) is 10.1. The molecule has 1 heterocycles. The Morgan fingerprint density at radius 3 is 1.84 bits per heavy atom. The molecular weight excluding hydrogens is 731 g/mol. The fraction of sp³-hybridized carbons (Fsp3) is 0.667. The molecule has 0 radical (unpaired) electrons. The Kier molecular flexibility index (Phi) is 15.8. The van der Waals surface area contributed by atoms with Crippen LogP contribution in [-0.2, 0) is 0 Å². The van der Waals surface area contributed by atoms with Crippen LogP contribution in [0.15, 0.2) is 43.5 Å². The second-order valence-electron chi connectivity index (χ2n) is 13.4. The zero-order chi connectivity index (χ0) is 32.1. The number of halogens is 3. The molecule has 250 valence electrons. The number of imidazole rings is 1. The maximum Gasteiger partial charge on any atom is 0.329 e. The Morgan fingerprint density at radius 1 is 0.911 bits per heavy atom. The van der Waals surface area contributed by atoms with Gasteiger partial charge in [0.1, 0.15) is 12.9 Å². The minimum absolute atomic E-state index is 0.152. The van der Waals surface area contributed by atoms with E-state index in [2.05, 4.69) is 17.6 Å². The Labute approximate surface area is 291 Å². The summed E-state index contributed by atoms with van der Waals surface area (Å²) in [5, 5.41) is 1.12. The third-order valence-corrected chi connectivity index (χ3v) is 32.2. The topological polar surface area (TPSA) is 47.4 Å². The van der Waals surface area contributed by atoms with E-state index in [4.69, 9.17) is 39.5 Å². The number of hydrogen-bond donors (Lipinski definition) is 0. The van der Waals surface area contributed by atoms with E-state index in [-0.39, 0.29) is 12.6 Å². The first kappa shape index (κ1) is 36.9. The van der Waals surface area contributed by atoms with Crippen molar-refractivity contribution in [2.24, 2.45) is 0 Å². The van der Waals surface area contributed by atoms with Crippen LogP contribution in [0.4, 0.5) is 4.79 Å². The van der Waals surface area contributed by atoms with E-state index in [1.807, 2.05) is 6.92 Å². The second-order valence-corrected chi connectivity index (χ2v) is 29.2. The van der Waals surface area contributed by atoms with E-state index in [0.29, 0.717) is 33.9 Å². The van der Waals surface area contributed by atoms with Crippen LogP contribution in [0, 0.1) is 0 Å². The molecule has 0 spiro atoms. The fourth-order valence-electron chi connectivity index (χ4n) is 8.70. The maximum atomic E-state index is 12.3. The molecule has 0 atom stereocenters. The Morgan fingerprint density at radius 2 is 1.42 bits per heavy atom. The van der Waals surface area contributed by atoms with E-state index < -0.39 is 18.4 Å². The van der Waals surface area contributed by atoms with Gasteiger partial charge in [0.05, 0.1) is 16.6 Å². The smallest absolute Gasteiger partial charge is 0.329 e. The quantitative estimate of drug-likeness (QED) is 0.168. The van der Waals surface area contributed by atoms with Crippen LogP contribution in [0.1, 0.15) is 110 Å². The maximum absolute atomic E-state index is 12.3. The normalized spacial score (nSPS) is 18.6. The van der Waals surface area contributed by atoms with Gasteiger partial charge in [0, 0.05) is 24.0 Å².